The first kappa shape index (κ1) is 12.4. The second kappa shape index (κ2) is 4.94. The van der Waals surface area contributed by atoms with E-state index in [1.165, 1.54) is 18.2 Å². The summed E-state index contributed by atoms with van der Waals surface area (Å²) in [7, 11) is 0. The molecule has 86 valence electrons. The molecule has 0 fully saturated rings. The number of rotatable bonds is 4. The van der Waals surface area contributed by atoms with Crippen LogP contribution in [0.4, 0.5) is 5.69 Å². The third kappa shape index (κ3) is 2.49. The minimum absolute atomic E-state index is 0.185. The fourth-order valence-electron chi connectivity index (χ4n) is 1.50. The summed E-state index contributed by atoms with van der Waals surface area (Å²) in [5.74, 6) is -1.95. The van der Waals surface area contributed by atoms with Crippen LogP contribution >= 0.6 is 11.6 Å². The van der Waals surface area contributed by atoms with E-state index in [0.29, 0.717) is 0 Å². The molecule has 0 aliphatic rings. The smallest absolute Gasteiger partial charge is 0.311 e. The number of nitro benzene ring substituents is 1. The molecule has 0 heterocycles. The van der Waals surface area contributed by atoms with Crippen molar-refractivity contribution in [3.63, 3.8) is 0 Å². The number of hydrogen-bond acceptors (Lipinski definition) is 3. The highest BCUT2D eigenvalue weighted by molar-refractivity contribution is 6.30. The van der Waals surface area contributed by atoms with Crippen LogP contribution in [0, 0.1) is 10.1 Å². The molecule has 0 radical (unpaired) electrons. The van der Waals surface area contributed by atoms with Gasteiger partial charge in [-0.3, -0.25) is 14.9 Å². The second-order valence-electron chi connectivity index (χ2n) is 3.26. The van der Waals surface area contributed by atoms with Crippen LogP contribution in [0.15, 0.2) is 18.2 Å². The van der Waals surface area contributed by atoms with E-state index in [1.54, 1.807) is 6.92 Å². The highest BCUT2D eigenvalue weighted by Gasteiger charge is 2.26. The number of nitrogens with zero attached hydrogens (tertiary/aromatic N) is 1. The van der Waals surface area contributed by atoms with Gasteiger partial charge in [0.15, 0.2) is 0 Å². The van der Waals surface area contributed by atoms with Crippen LogP contribution < -0.4 is 0 Å². The van der Waals surface area contributed by atoms with E-state index in [1.807, 2.05) is 0 Å². The van der Waals surface area contributed by atoms with Gasteiger partial charge in [-0.15, -0.1) is 0 Å². The molecule has 1 unspecified atom stereocenters. The Bertz CT molecular complexity index is 433. The van der Waals surface area contributed by atoms with Crippen molar-refractivity contribution in [2.75, 3.05) is 0 Å². The normalized spacial score (nSPS) is 12.1. The molecule has 0 aliphatic heterocycles. The molecule has 1 aromatic carbocycles. The first-order chi connectivity index (χ1) is 7.47. The van der Waals surface area contributed by atoms with Crippen molar-refractivity contribution in [3.8, 4) is 0 Å². The van der Waals surface area contributed by atoms with Crippen LogP contribution in [0.3, 0.4) is 0 Å². The average Bonchev–Trinajstić information content (AvgIpc) is 2.20. The Morgan fingerprint density at radius 2 is 2.25 bits per heavy atom. The van der Waals surface area contributed by atoms with Crippen molar-refractivity contribution in [2.24, 2.45) is 0 Å². The zero-order valence-electron chi connectivity index (χ0n) is 8.51. The molecule has 0 aliphatic carbocycles. The Labute approximate surface area is 96.8 Å². The Kier molecular flexibility index (Phi) is 3.84. The zero-order valence-corrected chi connectivity index (χ0v) is 9.27. The van der Waals surface area contributed by atoms with Crippen LogP contribution in [0.5, 0.6) is 0 Å². The minimum atomic E-state index is -1.08. The molecule has 0 spiro atoms. The summed E-state index contributed by atoms with van der Waals surface area (Å²) in [6.45, 7) is 1.66. The van der Waals surface area contributed by atoms with Gasteiger partial charge in [0.25, 0.3) is 5.69 Å². The van der Waals surface area contributed by atoms with Crippen molar-refractivity contribution >= 4 is 23.3 Å². The average molecular weight is 244 g/mol. The summed E-state index contributed by atoms with van der Waals surface area (Å²) < 4.78 is 0. The van der Waals surface area contributed by atoms with Crippen molar-refractivity contribution in [3.05, 3.63) is 38.9 Å². The van der Waals surface area contributed by atoms with E-state index in [9.17, 15) is 14.9 Å². The maximum atomic E-state index is 10.9. The van der Waals surface area contributed by atoms with Gasteiger partial charge in [0.1, 0.15) is 0 Å². The number of carboxylic acids is 1. The lowest BCUT2D eigenvalue weighted by Gasteiger charge is -2.10. The lowest BCUT2D eigenvalue weighted by atomic mass is 9.95. The molecule has 5 nitrogen and oxygen atoms in total. The third-order valence-corrected chi connectivity index (χ3v) is 2.51. The second-order valence-corrected chi connectivity index (χ2v) is 3.70. The maximum absolute atomic E-state index is 10.9. The minimum Gasteiger partial charge on any atom is -0.481 e. The Balaban J connectivity index is 3.31. The first-order valence-electron chi connectivity index (χ1n) is 4.64. The van der Waals surface area contributed by atoms with Gasteiger partial charge in [0.2, 0.25) is 0 Å². The van der Waals surface area contributed by atoms with Gasteiger partial charge >= 0.3 is 5.97 Å². The van der Waals surface area contributed by atoms with Crippen molar-refractivity contribution in [1.82, 2.24) is 0 Å². The number of halogens is 1. The SMILES string of the molecule is CCC(C(=O)O)c1ccc(Cl)cc1[N+](=O)[O-]. The number of hydrogen-bond donors (Lipinski definition) is 1. The van der Waals surface area contributed by atoms with E-state index < -0.39 is 16.8 Å². The standard InChI is InChI=1S/C10H10ClNO4/c1-2-7(10(13)14)8-4-3-6(11)5-9(8)12(15)16/h3-5,7H,2H2,1H3,(H,13,14). The van der Waals surface area contributed by atoms with E-state index in [-0.39, 0.29) is 22.7 Å². The molecule has 1 rings (SSSR count). The largest absolute Gasteiger partial charge is 0.481 e. The summed E-state index contributed by atoms with van der Waals surface area (Å²) in [6.07, 6.45) is 0.289. The predicted molar refractivity (Wildman–Crippen MR) is 58.8 cm³/mol. The first-order valence-corrected chi connectivity index (χ1v) is 5.01. The van der Waals surface area contributed by atoms with Gasteiger partial charge in [-0.25, -0.2) is 0 Å². The van der Waals surface area contributed by atoms with Crippen LogP contribution in [-0.2, 0) is 4.79 Å². The Morgan fingerprint density at radius 3 is 2.69 bits per heavy atom. The molecule has 0 amide bonds. The lowest BCUT2D eigenvalue weighted by Crippen LogP contribution is -2.12. The molecule has 0 saturated carbocycles. The third-order valence-electron chi connectivity index (χ3n) is 2.27. The van der Waals surface area contributed by atoms with Gasteiger partial charge in [0.05, 0.1) is 10.8 Å². The molecule has 6 heteroatoms. The highest BCUT2D eigenvalue weighted by Crippen LogP contribution is 2.31. The fraction of sp³-hybridized carbons (Fsp3) is 0.300. The lowest BCUT2D eigenvalue weighted by molar-refractivity contribution is -0.385. The molecular weight excluding hydrogens is 234 g/mol. The fourth-order valence-corrected chi connectivity index (χ4v) is 1.66. The van der Waals surface area contributed by atoms with E-state index in [2.05, 4.69) is 0 Å². The molecular formula is C10H10ClNO4. The Hall–Kier alpha value is -1.62. The van der Waals surface area contributed by atoms with Gasteiger partial charge in [-0.2, -0.15) is 0 Å². The summed E-state index contributed by atoms with van der Waals surface area (Å²) in [6, 6.07) is 4.01. The number of carbonyl (C=O) groups is 1. The Morgan fingerprint density at radius 1 is 1.62 bits per heavy atom. The van der Waals surface area contributed by atoms with Gasteiger partial charge < -0.3 is 5.11 Å². The van der Waals surface area contributed by atoms with E-state index >= 15 is 0 Å². The molecule has 0 aromatic heterocycles. The van der Waals surface area contributed by atoms with Gasteiger partial charge in [-0.05, 0) is 18.6 Å². The van der Waals surface area contributed by atoms with Crippen LogP contribution in [0.1, 0.15) is 24.8 Å². The van der Waals surface area contributed by atoms with E-state index in [0.717, 1.165) is 0 Å². The molecule has 1 atom stereocenters. The number of carboxylic acid groups (broad SMARTS) is 1. The van der Waals surface area contributed by atoms with Crippen LogP contribution in [0.25, 0.3) is 0 Å². The predicted octanol–water partition coefficient (Wildman–Crippen LogP) is 2.83. The van der Waals surface area contributed by atoms with Crippen LogP contribution in [-0.4, -0.2) is 16.0 Å². The van der Waals surface area contributed by atoms with Crippen molar-refractivity contribution in [2.45, 2.75) is 19.3 Å². The summed E-state index contributed by atoms with van der Waals surface area (Å²) in [5.41, 5.74) is -0.0637. The van der Waals surface area contributed by atoms with Gasteiger partial charge in [0, 0.05) is 16.7 Å². The quantitative estimate of drug-likeness (QED) is 0.651. The molecule has 1 aromatic rings. The molecule has 1 N–H and O–H groups in total. The topological polar surface area (TPSA) is 80.4 Å². The van der Waals surface area contributed by atoms with Crippen LogP contribution in [0.2, 0.25) is 5.02 Å². The maximum Gasteiger partial charge on any atom is 0.311 e. The summed E-state index contributed by atoms with van der Waals surface area (Å²) in [4.78, 5) is 21.1. The summed E-state index contributed by atoms with van der Waals surface area (Å²) in [5, 5.41) is 19.9. The molecule has 0 saturated heterocycles. The van der Waals surface area contributed by atoms with Crippen molar-refractivity contribution < 1.29 is 14.8 Å². The monoisotopic (exact) mass is 243 g/mol. The van der Waals surface area contributed by atoms with Crippen molar-refractivity contribution in [1.29, 1.82) is 0 Å². The van der Waals surface area contributed by atoms with E-state index in [4.69, 9.17) is 16.7 Å². The number of benzene rings is 1. The number of aliphatic carboxylic acids is 1. The molecule has 16 heavy (non-hydrogen) atoms. The highest BCUT2D eigenvalue weighted by atomic mass is 35.5. The molecule has 0 bridgehead atoms. The van der Waals surface area contributed by atoms with Gasteiger partial charge in [-0.1, -0.05) is 18.5 Å². The zero-order chi connectivity index (χ0) is 12.3. The summed E-state index contributed by atoms with van der Waals surface area (Å²) >= 11 is 5.64. The number of nitro groups is 1.